The highest BCUT2D eigenvalue weighted by Crippen LogP contribution is 2.61. The molecule has 2 nitrogen and oxygen atoms in total. The number of hydrogen-bond donors (Lipinski definition) is 0. The predicted octanol–water partition coefficient (Wildman–Crippen LogP) is 22.1. The SMILES string of the molecule is C=CC1=CCC(C2(c3cc(C)ccc3C)c3ccccc3-c3ccc(N(c4ccc(-c5ccc(N(c6ccc(F)c(F)c6)c6ccc7c(c6)C(c6ccc(C=C)cc6)(c6cc(C)ccc6C)c6ccccc6-7)cc5)cc4)c4ccc(F)c(F)c4)cc32)C=C1. The molecule has 11 aromatic carbocycles. The maximum atomic E-state index is 15.6. The van der Waals surface area contributed by atoms with Crippen molar-refractivity contribution in [3.05, 3.63) is 364 Å². The Morgan fingerprint density at radius 2 is 0.864 bits per heavy atom. The molecule has 0 bridgehead atoms. The lowest BCUT2D eigenvalue weighted by Gasteiger charge is -2.41. The third-order valence-corrected chi connectivity index (χ3v) is 18.6. The maximum Gasteiger partial charge on any atom is 0.160 e. The van der Waals surface area contributed by atoms with Gasteiger partial charge in [0.1, 0.15) is 0 Å². The zero-order valence-electron chi connectivity index (χ0n) is 49.4. The number of allylic oxidation sites excluding steroid dienone is 5. The van der Waals surface area contributed by atoms with Gasteiger partial charge in [-0.25, -0.2) is 17.6 Å². The fourth-order valence-corrected chi connectivity index (χ4v) is 14.5. The molecule has 3 aliphatic rings. The first kappa shape index (κ1) is 55.6. The second-order valence-corrected chi connectivity index (χ2v) is 23.6. The summed E-state index contributed by atoms with van der Waals surface area (Å²) in [5.41, 5.74) is 23.7. The average Bonchev–Trinajstić information content (AvgIpc) is 1.57. The van der Waals surface area contributed by atoms with E-state index in [-0.39, 0.29) is 5.92 Å². The summed E-state index contributed by atoms with van der Waals surface area (Å²) in [6.07, 6.45) is 11.3. The molecule has 0 aromatic heterocycles. The normalized spacial score (nSPS) is 16.9. The van der Waals surface area contributed by atoms with E-state index in [0.29, 0.717) is 11.4 Å². The number of hydrogen-bond acceptors (Lipinski definition) is 2. The summed E-state index contributed by atoms with van der Waals surface area (Å²) in [6, 6.07) is 76.6. The number of rotatable bonds is 13. The van der Waals surface area contributed by atoms with Gasteiger partial charge in [0, 0.05) is 46.3 Å². The van der Waals surface area contributed by atoms with Crippen molar-refractivity contribution in [2.75, 3.05) is 9.80 Å². The van der Waals surface area contributed by atoms with Gasteiger partial charge in [-0.2, -0.15) is 0 Å². The van der Waals surface area contributed by atoms with Crippen molar-refractivity contribution in [1.29, 1.82) is 0 Å². The van der Waals surface area contributed by atoms with Gasteiger partial charge in [0.2, 0.25) is 0 Å². The van der Waals surface area contributed by atoms with Crippen molar-refractivity contribution < 1.29 is 17.6 Å². The summed E-state index contributed by atoms with van der Waals surface area (Å²) in [6.45, 7) is 16.8. The summed E-state index contributed by atoms with van der Waals surface area (Å²) in [7, 11) is 0. The van der Waals surface area contributed by atoms with Crippen LogP contribution in [0.5, 0.6) is 0 Å². The second-order valence-electron chi connectivity index (χ2n) is 23.6. The van der Waals surface area contributed by atoms with E-state index in [1.165, 1.54) is 46.5 Å². The van der Waals surface area contributed by atoms with Crippen LogP contribution in [0.2, 0.25) is 0 Å². The smallest absolute Gasteiger partial charge is 0.160 e. The monoisotopic (exact) mass is 1150 g/mol. The predicted molar refractivity (Wildman–Crippen MR) is 355 cm³/mol. The zero-order chi connectivity index (χ0) is 60.6. The fourth-order valence-electron chi connectivity index (χ4n) is 14.5. The molecule has 88 heavy (non-hydrogen) atoms. The summed E-state index contributed by atoms with van der Waals surface area (Å²) in [5, 5.41) is 0. The molecule has 0 heterocycles. The molecule has 0 spiro atoms. The molecule has 0 saturated carbocycles. The molecule has 6 heteroatoms. The topological polar surface area (TPSA) is 6.48 Å². The van der Waals surface area contributed by atoms with Crippen LogP contribution in [0.15, 0.2) is 274 Å². The molecule has 0 saturated heterocycles. The van der Waals surface area contributed by atoms with Gasteiger partial charge < -0.3 is 9.80 Å². The van der Waals surface area contributed by atoms with E-state index in [0.717, 1.165) is 113 Å². The molecule has 3 atom stereocenters. The molecule has 0 amide bonds. The molecular formula is C82H62F4N2. The number of benzene rings is 11. The summed E-state index contributed by atoms with van der Waals surface area (Å²) in [4.78, 5) is 3.98. The van der Waals surface area contributed by atoms with Crippen LogP contribution in [0.1, 0.15) is 73.2 Å². The van der Waals surface area contributed by atoms with Gasteiger partial charge in [-0.1, -0.05) is 200 Å². The molecule has 3 unspecified atom stereocenters. The number of nitrogens with zero attached hydrogens (tertiary/aromatic N) is 2. The minimum absolute atomic E-state index is 0.0333. The summed E-state index contributed by atoms with van der Waals surface area (Å²) >= 11 is 0. The second kappa shape index (κ2) is 21.9. The van der Waals surface area contributed by atoms with Crippen LogP contribution < -0.4 is 9.80 Å². The average molecular weight is 1150 g/mol. The third-order valence-electron chi connectivity index (χ3n) is 18.6. The lowest BCUT2D eigenvalue weighted by molar-refractivity contribution is 0.454. The van der Waals surface area contributed by atoms with E-state index in [1.54, 1.807) is 12.1 Å². The lowest BCUT2D eigenvalue weighted by atomic mass is 9.61. The lowest BCUT2D eigenvalue weighted by Crippen LogP contribution is -2.36. The first-order valence-corrected chi connectivity index (χ1v) is 29.9. The largest absolute Gasteiger partial charge is 0.310 e. The highest BCUT2D eigenvalue weighted by Gasteiger charge is 2.51. The first-order valence-electron chi connectivity index (χ1n) is 29.9. The van der Waals surface area contributed by atoms with Gasteiger partial charge in [-0.15, -0.1) is 0 Å². The molecule has 0 fully saturated rings. The van der Waals surface area contributed by atoms with Crippen molar-refractivity contribution in [2.45, 2.75) is 44.9 Å². The van der Waals surface area contributed by atoms with E-state index in [2.05, 4.69) is 205 Å². The molecule has 0 N–H and O–H groups in total. The Balaban J connectivity index is 0.875. The van der Waals surface area contributed by atoms with Gasteiger partial charge >= 0.3 is 0 Å². The van der Waals surface area contributed by atoms with Gasteiger partial charge in [0.05, 0.1) is 10.8 Å². The molecule has 3 aliphatic carbocycles. The maximum absolute atomic E-state index is 15.6. The van der Waals surface area contributed by atoms with Crippen LogP contribution in [-0.2, 0) is 10.8 Å². The van der Waals surface area contributed by atoms with E-state index >= 15 is 8.78 Å². The van der Waals surface area contributed by atoms with Crippen molar-refractivity contribution in [3.8, 4) is 33.4 Å². The van der Waals surface area contributed by atoms with Gasteiger partial charge in [0.25, 0.3) is 0 Å². The van der Waals surface area contributed by atoms with E-state index in [4.69, 9.17) is 0 Å². The molecule has 14 rings (SSSR count). The summed E-state index contributed by atoms with van der Waals surface area (Å²) in [5.74, 6) is -3.73. The van der Waals surface area contributed by atoms with Crippen molar-refractivity contribution >= 4 is 40.2 Å². The van der Waals surface area contributed by atoms with E-state index in [1.807, 2.05) is 70.5 Å². The molecule has 428 valence electrons. The summed E-state index contributed by atoms with van der Waals surface area (Å²) < 4.78 is 61.1. The van der Waals surface area contributed by atoms with Crippen LogP contribution in [0, 0.1) is 56.9 Å². The molecule has 11 aromatic rings. The quantitative estimate of drug-likeness (QED) is 0.106. The molecule has 0 radical (unpaired) electrons. The number of anilines is 6. The first-order chi connectivity index (χ1) is 42.8. The van der Waals surface area contributed by atoms with E-state index in [9.17, 15) is 8.78 Å². The van der Waals surface area contributed by atoms with Crippen LogP contribution >= 0.6 is 0 Å². The van der Waals surface area contributed by atoms with Crippen molar-refractivity contribution in [3.63, 3.8) is 0 Å². The fraction of sp³-hybridized carbons (Fsp3) is 0.0976. The number of fused-ring (bicyclic) bond motifs is 6. The Morgan fingerprint density at radius 1 is 0.398 bits per heavy atom. The van der Waals surface area contributed by atoms with Crippen molar-refractivity contribution in [1.82, 2.24) is 0 Å². The van der Waals surface area contributed by atoms with E-state index < -0.39 is 34.1 Å². The van der Waals surface area contributed by atoms with Gasteiger partial charge in [-0.3, -0.25) is 0 Å². The minimum Gasteiger partial charge on any atom is -0.310 e. The van der Waals surface area contributed by atoms with Crippen molar-refractivity contribution in [2.24, 2.45) is 5.92 Å². The highest BCUT2D eigenvalue weighted by molar-refractivity contribution is 5.92. The Bertz CT molecular complexity index is 4690. The Hall–Kier alpha value is -10.3. The van der Waals surface area contributed by atoms with Gasteiger partial charge in [-0.05, 0) is 207 Å². The van der Waals surface area contributed by atoms with Crippen LogP contribution in [0.25, 0.3) is 39.5 Å². The molecule has 0 aliphatic heterocycles. The van der Waals surface area contributed by atoms with Crippen LogP contribution in [0.3, 0.4) is 0 Å². The highest BCUT2D eigenvalue weighted by atomic mass is 19.2. The van der Waals surface area contributed by atoms with Crippen LogP contribution in [-0.4, -0.2) is 0 Å². The number of halogens is 4. The zero-order valence-corrected chi connectivity index (χ0v) is 49.4. The number of aryl methyl sites for hydroxylation is 4. The Morgan fingerprint density at radius 3 is 1.40 bits per heavy atom. The minimum atomic E-state index is -0.955. The van der Waals surface area contributed by atoms with Crippen LogP contribution in [0.4, 0.5) is 51.7 Å². The standard InChI is InChI=1S/C82H62F4N2/c1-7-55-21-29-59(30-22-55)81(73-45-51(3)17-19-53(73)5)71-15-11-9-13-67(71)69-41-37-63(47-75(69)81)87(65-39-43-77(83)79(85)49-65)61-33-25-57(26-34-61)58-27-35-62(36-28-58)88(66-40-44-78(84)80(86)50-66)64-38-42-70-68-14-10-12-16-72(68)82(76(70)48-64,60-31-23-56(8-2)24-32-60)74-46-52(4)18-20-54(74)6/h7-31,33-50,60H,1-2,32H2,3-6H3. The third kappa shape index (κ3) is 8.91. The molecular weight excluding hydrogens is 1090 g/mol. The Labute approximate surface area is 512 Å². The Kier molecular flexibility index (Phi) is 13.8. The van der Waals surface area contributed by atoms with Gasteiger partial charge in [0.15, 0.2) is 23.3 Å².